The van der Waals surface area contributed by atoms with Crippen LogP contribution in [-0.4, -0.2) is 35.6 Å². The molecule has 17 heavy (non-hydrogen) atoms. The van der Waals surface area contributed by atoms with Crippen molar-refractivity contribution < 1.29 is 0 Å². The van der Waals surface area contributed by atoms with Gasteiger partial charge < -0.3 is 10.3 Å². The van der Waals surface area contributed by atoms with Crippen LogP contribution in [0.25, 0.3) is 10.9 Å². The Hall–Kier alpha value is -1.32. The molecule has 0 amide bonds. The van der Waals surface area contributed by atoms with Gasteiger partial charge in [0.15, 0.2) is 0 Å². The van der Waals surface area contributed by atoms with Crippen LogP contribution in [0.4, 0.5) is 0 Å². The number of hydrogen-bond acceptors (Lipinski definition) is 2. The van der Waals surface area contributed by atoms with Crippen molar-refractivity contribution in [2.75, 3.05) is 19.6 Å². The van der Waals surface area contributed by atoms with Crippen molar-refractivity contribution in [1.82, 2.24) is 15.2 Å². The first kappa shape index (κ1) is 9.68. The van der Waals surface area contributed by atoms with Gasteiger partial charge in [-0.1, -0.05) is 18.2 Å². The minimum atomic E-state index is 0.685. The maximum Gasteiger partial charge on any atom is 0.0459 e. The Bertz CT molecular complexity index is 558. The molecule has 1 saturated heterocycles. The second-order valence-electron chi connectivity index (χ2n) is 5.16. The van der Waals surface area contributed by atoms with E-state index in [1.54, 1.807) is 0 Å². The molecule has 0 spiro atoms. The molecule has 1 atom stereocenters. The number of nitrogens with one attached hydrogen (secondary N) is 2. The van der Waals surface area contributed by atoms with Gasteiger partial charge in [-0.2, -0.15) is 0 Å². The molecule has 0 radical (unpaired) electrons. The van der Waals surface area contributed by atoms with Gasteiger partial charge in [-0.25, -0.2) is 0 Å². The van der Waals surface area contributed by atoms with Crippen LogP contribution >= 0.6 is 0 Å². The van der Waals surface area contributed by atoms with Crippen molar-refractivity contribution in [1.29, 1.82) is 0 Å². The number of aromatic nitrogens is 1. The molecule has 2 aliphatic heterocycles. The summed E-state index contributed by atoms with van der Waals surface area (Å²) in [5.74, 6) is 0. The number of aromatic amines is 1. The first-order valence-electron chi connectivity index (χ1n) is 6.45. The van der Waals surface area contributed by atoms with E-state index in [0.29, 0.717) is 6.04 Å². The molecule has 4 rings (SSSR count). The van der Waals surface area contributed by atoms with Gasteiger partial charge in [0, 0.05) is 55.2 Å². The zero-order chi connectivity index (χ0) is 11.2. The Labute approximate surface area is 101 Å². The van der Waals surface area contributed by atoms with Crippen LogP contribution < -0.4 is 5.32 Å². The monoisotopic (exact) mass is 227 g/mol. The summed E-state index contributed by atoms with van der Waals surface area (Å²) in [5.41, 5.74) is 4.28. The van der Waals surface area contributed by atoms with E-state index in [-0.39, 0.29) is 0 Å². The lowest BCUT2D eigenvalue weighted by molar-refractivity contribution is 0.140. The summed E-state index contributed by atoms with van der Waals surface area (Å²) >= 11 is 0. The van der Waals surface area contributed by atoms with Gasteiger partial charge in [0.2, 0.25) is 0 Å². The largest absolute Gasteiger partial charge is 0.358 e. The molecule has 0 aliphatic carbocycles. The van der Waals surface area contributed by atoms with Gasteiger partial charge >= 0.3 is 0 Å². The minimum Gasteiger partial charge on any atom is -0.358 e. The third-order valence-corrected chi connectivity index (χ3v) is 4.18. The van der Waals surface area contributed by atoms with Crippen LogP contribution in [0.2, 0.25) is 0 Å². The number of nitrogens with zero attached hydrogens (tertiary/aromatic N) is 1. The summed E-state index contributed by atoms with van der Waals surface area (Å²) in [4.78, 5) is 6.22. The molecule has 2 aromatic rings. The Morgan fingerprint density at radius 2 is 2.18 bits per heavy atom. The zero-order valence-corrected chi connectivity index (χ0v) is 9.87. The molecular formula is C14H17N3. The molecule has 1 unspecified atom stereocenters. The third-order valence-electron chi connectivity index (χ3n) is 4.18. The molecule has 2 aliphatic rings. The minimum absolute atomic E-state index is 0.685. The van der Waals surface area contributed by atoms with E-state index in [9.17, 15) is 0 Å². The summed E-state index contributed by atoms with van der Waals surface area (Å²) < 4.78 is 0. The van der Waals surface area contributed by atoms with Gasteiger partial charge in [0.1, 0.15) is 0 Å². The van der Waals surface area contributed by atoms with Gasteiger partial charge in [0.05, 0.1) is 0 Å². The lowest BCUT2D eigenvalue weighted by Gasteiger charge is -2.39. The standard InChI is InChI=1S/C14H17N3/c1-2-4-13-11(3-1)12-9-17-6-5-15-8-10(17)7-14(12)16-13/h1-4,10,15-16H,5-9H2. The summed E-state index contributed by atoms with van der Waals surface area (Å²) in [6, 6.07) is 9.36. The summed E-state index contributed by atoms with van der Waals surface area (Å²) in [7, 11) is 0. The zero-order valence-electron chi connectivity index (χ0n) is 9.87. The molecule has 0 bridgehead atoms. The summed E-state index contributed by atoms with van der Waals surface area (Å²) in [6.07, 6.45) is 1.16. The highest BCUT2D eigenvalue weighted by atomic mass is 15.2. The molecule has 1 aromatic heterocycles. The van der Waals surface area contributed by atoms with Crippen molar-refractivity contribution in [2.24, 2.45) is 0 Å². The van der Waals surface area contributed by atoms with E-state index in [4.69, 9.17) is 0 Å². The van der Waals surface area contributed by atoms with E-state index in [1.165, 1.54) is 28.7 Å². The Morgan fingerprint density at radius 1 is 1.24 bits per heavy atom. The highest BCUT2D eigenvalue weighted by molar-refractivity contribution is 5.84. The van der Waals surface area contributed by atoms with Gasteiger partial charge in [0.25, 0.3) is 0 Å². The maximum atomic E-state index is 3.59. The predicted octanol–water partition coefficient (Wildman–Crippen LogP) is 1.50. The molecule has 2 N–H and O–H groups in total. The molecule has 1 aromatic carbocycles. The van der Waals surface area contributed by atoms with Crippen molar-refractivity contribution in [3.63, 3.8) is 0 Å². The highest BCUT2D eigenvalue weighted by Crippen LogP contribution is 2.30. The smallest absolute Gasteiger partial charge is 0.0459 e. The molecular weight excluding hydrogens is 210 g/mol. The average molecular weight is 227 g/mol. The van der Waals surface area contributed by atoms with Crippen molar-refractivity contribution >= 4 is 10.9 Å². The number of H-pyrrole nitrogens is 1. The van der Waals surface area contributed by atoms with E-state index in [2.05, 4.69) is 39.5 Å². The van der Waals surface area contributed by atoms with Gasteiger partial charge in [-0.3, -0.25) is 4.90 Å². The van der Waals surface area contributed by atoms with E-state index in [0.717, 1.165) is 26.1 Å². The summed E-state index contributed by atoms with van der Waals surface area (Å²) in [6.45, 7) is 4.57. The molecule has 88 valence electrons. The molecule has 3 heterocycles. The normalized spacial score (nSPS) is 24.6. The van der Waals surface area contributed by atoms with Gasteiger partial charge in [-0.05, 0) is 11.6 Å². The number of fused-ring (bicyclic) bond motifs is 4. The second kappa shape index (κ2) is 3.59. The SMILES string of the molecule is c1ccc2c3c([nH]c2c1)CC1CNCCN1C3. The molecule has 1 fully saturated rings. The van der Waals surface area contributed by atoms with Crippen LogP contribution in [0, 0.1) is 0 Å². The van der Waals surface area contributed by atoms with Gasteiger partial charge in [-0.15, -0.1) is 0 Å². The fraction of sp³-hybridized carbons (Fsp3) is 0.429. The van der Waals surface area contributed by atoms with Crippen LogP contribution in [0.15, 0.2) is 24.3 Å². The van der Waals surface area contributed by atoms with E-state index < -0.39 is 0 Å². The first-order valence-corrected chi connectivity index (χ1v) is 6.45. The molecule has 3 heteroatoms. The average Bonchev–Trinajstić information content (AvgIpc) is 2.73. The fourth-order valence-electron chi connectivity index (χ4n) is 3.26. The van der Waals surface area contributed by atoms with E-state index >= 15 is 0 Å². The van der Waals surface area contributed by atoms with Crippen LogP contribution in [0.3, 0.4) is 0 Å². The van der Waals surface area contributed by atoms with Crippen LogP contribution in [-0.2, 0) is 13.0 Å². The number of benzene rings is 1. The van der Waals surface area contributed by atoms with Crippen molar-refractivity contribution in [3.8, 4) is 0 Å². The Balaban J connectivity index is 1.83. The Morgan fingerprint density at radius 3 is 3.18 bits per heavy atom. The predicted molar refractivity (Wildman–Crippen MR) is 69.1 cm³/mol. The maximum absolute atomic E-state index is 3.59. The lowest BCUT2D eigenvalue weighted by atomic mass is 9.97. The lowest BCUT2D eigenvalue weighted by Crippen LogP contribution is -2.53. The first-order chi connectivity index (χ1) is 8.42. The number of hydrogen-bond donors (Lipinski definition) is 2. The van der Waals surface area contributed by atoms with E-state index in [1.807, 2.05) is 0 Å². The number of piperazine rings is 1. The number of rotatable bonds is 0. The quantitative estimate of drug-likeness (QED) is 0.714. The highest BCUT2D eigenvalue weighted by Gasteiger charge is 2.29. The third kappa shape index (κ3) is 1.43. The van der Waals surface area contributed by atoms with Crippen LogP contribution in [0.1, 0.15) is 11.3 Å². The molecule has 0 saturated carbocycles. The number of para-hydroxylation sites is 1. The second-order valence-corrected chi connectivity index (χ2v) is 5.16. The fourth-order valence-corrected chi connectivity index (χ4v) is 3.26. The van der Waals surface area contributed by atoms with Crippen molar-refractivity contribution in [2.45, 2.75) is 19.0 Å². The topological polar surface area (TPSA) is 31.1 Å². The van der Waals surface area contributed by atoms with Crippen LogP contribution in [0.5, 0.6) is 0 Å². The summed E-state index contributed by atoms with van der Waals surface area (Å²) in [5, 5.41) is 4.91. The Kier molecular flexibility index (Phi) is 2.04. The van der Waals surface area contributed by atoms with Crippen molar-refractivity contribution in [3.05, 3.63) is 35.5 Å². The molecule has 3 nitrogen and oxygen atoms in total.